The van der Waals surface area contributed by atoms with Gasteiger partial charge >= 0.3 is 0 Å². The number of anilines is 1. The number of rotatable bonds is 4. The van der Waals surface area contributed by atoms with Crippen molar-refractivity contribution in [3.8, 4) is 5.75 Å². The van der Waals surface area contributed by atoms with Gasteiger partial charge in [0.2, 0.25) is 0 Å². The minimum atomic E-state index is -0.158. The topological polar surface area (TPSA) is 63.2 Å². The lowest BCUT2D eigenvalue weighted by molar-refractivity contribution is 0.0958. The van der Waals surface area contributed by atoms with Crippen molar-refractivity contribution in [2.75, 3.05) is 19.4 Å². The molecule has 2 rings (SSSR count). The smallest absolute Gasteiger partial charge is 0.254 e. The quantitative estimate of drug-likeness (QED) is 0.797. The van der Waals surface area contributed by atoms with Crippen molar-refractivity contribution in [1.29, 1.82) is 0 Å². The number of pyridine rings is 1. The van der Waals surface area contributed by atoms with E-state index in [1.807, 2.05) is 0 Å². The monoisotopic (exact) mass is 221 g/mol. The van der Waals surface area contributed by atoms with Crippen LogP contribution in [0.5, 0.6) is 5.75 Å². The Bertz CT molecular complexity index is 402. The van der Waals surface area contributed by atoms with Crippen molar-refractivity contribution >= 4 is 11.7 Å². The number of amides is 1. The summed E-state index contributed by atoms with van der Waals surface area (Å²) in [6, 6.07) is 1.69. The predicted octanol–water partition coefficient (Wildman–Crippen LogP) is 1.02. The lowest BCUT2D eigenvalue weighted by Crippen LogP contribution is -2.19. The van der Waals surface area contributed by atoms with E-state index in [0.29, 0.717) is 17.1 Å². The van der Waals surface area contributed by atoms with Crippen LogP contribution in [0.4, 0.5) is 5.82 Å². The average molecular weight is 221 g/mol. The molecule has 0 spiro atoms. The fraction of sp³-hybridized carbons (Fsp3) is 0.455. The van der Waals surface area contributed by atoms with Crippen molar-refractivity contribution in [2.45, 2.75) is 18.9 Å². The molecular weight excluding hydrogens is 206 g/mol. The molecule has 5 heteroatoms. The fourth-order valence-electron chi connectivity index (χ4n) is 1.35. The summed E-state index contributed by atoms with van der Waals surface area (Å²) >= 11 is 0. The third-order valence-electron chi connectivity index (χ3n) is 2.41. The number of aromatic nitrogens is 1. The first kappa shape index (κ1) is 10.7. The van der Waals surface area contributed by atoms with Gasteiger partial charge in [-0.25, -0.2) is 4.98 Å². The Labute approximate surface area is 94.2 Å². The molecule has 0 unspecified atom stereocenters. The van der Waals surface area contributed by atoms with E-state index in [4.69, 9.17) is 4.74 Å². The first-order chi connectivity index (χ1) is 7.74. The average Bonchev–Trinajstić information content (AvgIpc) is 3.12. The van der Waals surface area contributed by atoms with Gasteiger partial charge in [-0.05, 0) is 18.9 Å². The van der Waals surface area contributed by atoms with Crippen LogP contribution in [0.1, 0.15) is 23.2 Å². The molecule has 2 N–H and O–H groups in total. The van der Waals surface area contributed by atoms with Crippen LogP contribution in [0.3, 0.4) is 0 Å². The van der Waals surface area contributed by atoms with Crippen molar-refractivity contribution in [3.63, 3.8) is 0 Å². The standard InChI is InChI=1S/C11H15N3O2/c1-12-10-5-8(11(15)13-2)9(6-14-10)16-7-3-4-7/h5-7H,3-4H2,1-2H3,(H,12,14)(H,13,15). The zero-order valence-electron chi connectivity index (χ0n) is 9.41. The molecule has 16 heavy (non-hydrogen) atoms. The van der Waals surface area contributed by atoms with E-state index < -0.39 is 0 Å². The van der Waals surface area contributed by atoms with E-state index in [2.05, 4.69) is 15.6 Å². The van der Waals surface area contributed by atoms with Gasteiger partial charge in [0, 0.05) is 14.1 Å². The highest BCUT2D eigenvalue weighted by Gasteiger charge is 2.26. The van der Waals surface area contributed by atoms with E-state index in [-0.39, 0.29) is 12.0 Å². The molecule has 0 atom stereocenters. The van der Waals surface area contributed by atoms with Crippen molar-refractivity contribution in [1.82, 2.24) is 10.3 Å². The van der Waals surface area contributed by atoms with Gasteiger partial charge in [-0.15, -0.1) is 0 Å². The molecule has 1 aromatic rings. The van der Waals surface area contributed by atoms with Gasteiger partial charge < -0.3 is 15.4 Å². The van der Waals surface area contributed by atoms with Crippen LogP contribution in [0, 0.1) is 0 Å². The molecule has 1 aliphatic rings. The molecule has 0 saturated heterocycles. The maximum absolute atomic E-state index is 11.7. The third kappa shape index (κ3) is 2.24. The Morgan fingerprint density at radius 3 is 2.81 bits per heavy atom. The molecule has 1 aromatic heterocycles. The van der Waals surface area contributed by atoms with Gasteiger partial charge in [0.25, 0.3) is 5.91 Å². The Morgan fingerprint density at radius 2 is 2.25 bits per heavy atom. The van der Waals surface area contributed by atoms with E-state index >= 15 is 0 Å². The molecule has 0 bridgehead atoms. The summed E-state index contributed by atoms with van der Waals surface area (Å²) < 4.78 is 5.63. The van der Waals surface area contributed by atoms with Gasteiger partial charge in [0.1, 0.15) is 5.82 Å². The van der Waals surface area contributed by atoms with Crippen LogP contribution >= 0.6 is 0 Å². The van der Waals surface area contributed by atoms with Gasteiger partial charge in [-0.3, -0.25) is 4.79 Å². The zero-order valence-corrected chi connectivity index (χ0v) is 9.41. The summed E-state index contributed by atoms with van der Waals surface area (Å²) in [6.07, 6.45) is 3.96. The molecule has 5 nitrogen and oxygen atoms in total. The lowest BCUT2D eigenvalue weighted by atomic mass is 10.2. The molecule has 1 heterocycles. The maximum atomic E-state index is 11.7. The Morgan fingerprint density at radius 1 is 1.50 bits per heavy atom. The number of nitrogens with one attached hydrogen (secondary N) is 2. The molecule has 0 radical (unpaired) electrons. The maximum Gasteiger partial charge on any atom is 0.254 e. The molecule has 0 aromatic carbocycles. The first-order valence-electron chi connectivity index (χ1n) is 5.31. The Balaban J connectivity index is 2.29. The summed E-state index contributed by atoms with van der Waals surface area (Å²) in [5.41, 5.74) is 0.522. The number of hydrogen-bond donors (Lipinski definition) is 2. The Hall–Kier alpha value is -1.78. The molecular formula is C11H15N3O2. The molecule has 1 amide bonds. The van der Waals surface area contributed by atoms with E-state index in [0.717, 1.165) is 12.8 Å². The van der Waals surface area contributed by atoms with Gasteiger partial charge in [0.05, 0.1) is 17.9 Å². The first-order valence-corrected chi connectivity index (χ1v) is 5.31. The minimum absolute atomic E-state index is 0.158. The summed E-state index contributed by atoms with van der Waals surface area (Å²) in [5.74, 6) is 1.05. The SMILES string of the molecule is CNC(=O)c1cc(NC)ncc1OC1CC1. The number of ether oxygens (including phenoxy) is 1. The number of carbonyl (C=O) groups is 1. The number of hydrogen-bond acceptors (Lipinski definition) is 4. The normalized spacial score (nSPS) is 14.4. The summed E-state index contributed by atoms with van der Waals surface area (Å²) in [7, 11) is 3.36. The van der Waals surface area contributed by atoms with Crippen LogP contribution in [-0.4, -0.2) is 31.1 Å². The second kappa shape index (κ2) is 4.38. The van der Waals surface area contributed by atoms with Gasteiger partial charge in [0.15, 0.2) is 5.75 Å². The third-order valence-corrected chi connectivity index (χ3v) is 2.41. The van der Waals surface area contributed by atoms with Crippen LogP contribution < -0.4 is 15.4 Å². The minimum Gasteiger partial charge on any atom is -0.488 e. The van der Waals surface area contributed by atoms with E-state index in [1.54, 1.807) is 26.4 Å². The molecule has 0 aliphatic heterocycles. The Kier molecular flexibility index (Phi) is 2.94. The van der Waals surface area contributed by atoms with Gasteiger partial charge in [-0.2, -0.15) is 0 Å². The summed E-state index contributed by atoms with van der Waals surface area (Å²) in [6.45, 7) is 0. The summed E-state index contributed by atoms with van der Waals surface area (Å²) in [4.78, 5) is 15.8. The second-order valence-corrected chi connectivity index (χ2v) is 3.71. The highest BCUT2D eigenvalue weighted by molar-refractivity contribution is 5.97. The van der Waals surface area contributed by atoms with Crippen LogP contribution in [0.2, 0.25) is 0 Å². The van der Waals surface area contributed by atoms with Crippen LogP contribution in [0.15, 0.2) is 12.3 Å². The predicted molar refractivity (Wildman–Crippen MR) is 60.8 cm³/mol. The highest BCUT2D eigenvalue weighted by atomic mass is 16.5. The van der Waals surface area contributed by atoms with Crippen molar-refractivity contribution < 1.29 is 9.53 Å². The lowest BCUT2D eigenvalue weighted by Gasteiger charge is -2.10. The fourth-order valence-corrected chi connectivity index (χ4v) is 1.35. The largest absolute Gasteiger partial charge is 0.488 e. The summed E-state index contributed by atoms with van der Waals surface area (Å²) in [5, 5.41) is 5.49. The number of nitrogens with zero attached hydrogens (tertiary/aromatic N) is 1. The molecule has 1 aliphatic carbocycles. The van der Waals surface area contributed by atoms with E-state index in [1.165, 1.54) is 0 Å². The zero-order chi connectivity index (χ0) is 11.5. The van der Waals surface area contributed by atoms with Gasteiger partial charge in [-0.1, -0.05) is 0 Å². The van der Waals surface area contributed by atoms with E-state index in [9.17, 15) is 4.79 Å². The van der Waals surface area contributed by atoms with Crippen LogP contribution in [-0.2, 0) is 0 Å². The second-order valence-electron chi connectivity index (χ2n) is 3.71. The molecule has 1 saturated carbocycles. The number of carbonyl (C=O) groups excluding carboxylic acids is 1. The molecule has 86 valence electrons. The van der Waals surface area contributed by atoms with Crippen LogP contribution in [0.25, 0.3) is 0 Å². The van der Waals surface area contributed by atoms with Crippen molar-refractivity contribution in [3.05, 3.63) is 17.8 Å². The molecule has 1 fully saturated rings. The van der Waals surface area contributed by atoms with Crippen molar-refractivity contribution in [2.24, 2.45) is 0 Å². The highest BCUT2D eigenvalue weighted by Crippen LogP contribution is 2.29.